The summed E-state index contributed by atoms with van der Waals surface area (Å²) in [6.45, 7) is 0.794. The van der Waals surface area contributed by atoms with Crippen molar-refractivity contribution in [1.82, 2.24) is 0 Å². The van der Waals surface area contributed by atoms with Crippen molar-refractivity contribution >= 4 is 28.9 Å². The van der Waals surface area contributed by atoms with Crippen LogP contribution in [0.3, 0.4) is 0 Å². The van der Waals surface area contributed by atoms with Crippen molar-refractivity contribution in [2.24, 2.45) is 0 Å². The third-order valence-electron chi connectivity index (χ3n) is 4.85. The zero-order chi connectivity index (χ0) is 19.2. The van der Waals surface area contributed by atoms with E-state index in [0.717, 1.165) is 37.2 Å². The lowest BCUT2D eigenvalue weighted by molar-refractivity contribution is -0.137. The van der Waals surface area contributed by atoms with Gasteiger partial charge in [-0.25, -0.2) is 0 Å². The molecular weight excluding hydrogens is 359 g/mol. The van der Waals surface area contributed by atoms with Gasteiger partial charge in [0.15, 0.2) is 0 Å². The highest BCUT2D eigenvalue weighted by molar-refractivity contribution is 6.08. The quantitative estimate of drug-likeness (QED) is 0.838. The van der Waals surface area contributed by atoms with Crippen molar-refractivity contribution in [3.8, 4) is 0 Å². The molecule has 27 heavy (non-hydrogen) atoms. The van der Waals surface area contributed by atoms with Crippen LogP contribution in [0.2, 0.25) is 0 Å². The molecule has 0 saturated carbocycles. The summed E-state index contributed by atoms with van der Waals surface area (Å²) < 4.78 is 37.8. The highest BCUT2D eigenvalue weighted by Crippen LogP contribution is 2.37. The van der Waals surface area contributed by atoms with Gasteiger partial charge in [0.2, 0.25) is 5.91 Å². The van der Waals surface area contributed by atoms with E-state index < -0.39 is 17.6 Å². The number of hydrogen-bond donors (Lipinski definition) is 2. The van der Waals surface area contributed by atoms with E-state index in [2.05, 4.69) is 10.6 Å². The van der Waals surface area contributed by atoms with Gasteiger partial charge in [0.05, 0.1) is 16.9 Å². The van der Waals surface area contributed by atoms with Gasteiger partial charge in [0, 0.05) is 17.8 Å². The van der Waals surface area contributed by atoms with Gasteiger partial charge in [-0.3, -0.25) is 9.59 Å². The fourth-order valence-corrected chi connectivity index (χ4v) is 3.52. The van der Waals surface area contributed by atoms with E-state index in [1.807, 2.05) is 4.90 Å². The number of hydrogen-bond acceptors (Lipinski definition) is 3. The standard InChI is InChI=1S/C19H16F3N3O2/c20-19(21,22)12-4-6-13(7-5-12)23-17(26)11-3-8-15-14(10-11)24-18(27)16-2-1-9-25(15)16/h3-8,10,16H,1-2,9H2,(H,23,26)(H,24,27)/t16-/m1/s1. The van der Waals surface area contributed by atoms with Crippen LogP contribution in [0.15, 0.2) is 42.5 Å². The molecule has 0 spiro atoms. The highest BCUT2D eigenvalue weighted by Gasteiger charge is 2.36. The minimum Gasteiger partial charge on any atom is -0.358 e. The second-order valence-corrected chi connectivity index (χ2v) is 6.60. The molecule has 0 aromatic heterocycles. The summed E-state index contributed by atoms with van der Waals surface area (Å²) in [7, 11) is 0. The smallest absolute Gasteiger partial charge is 0.358 e. The summed E-state index contributed by atoms with van der Waals surface area (Å²) in [6, 6.07) is 9.09. The van der Waals surface area contributed by atoms with Crippen molar-refractivity contribution in [3.63, 3.8) is 0 Å². The maximum Gasteiger partial charge on any atom is 0.416 e. The number of nitrogens with zero attached hydrogens (tertiary/aromatic N) is 1. The van der Waals surface area contributed by atoms with Crippen molar-refractivity contribution in [1.29, 1.82) is 0 Å². The van der Waals surface area contributed by atoms with Gasteiger partial charge in [-0.05, 0) is 55.3 Å². The Hall–Kier alpha value is -3.03. The molecule has 1 saturated heterocycles. The van der Waals surface area contributed by atoms with E-state index in [4.69, 9.17) is 0 Å². The van der Waals surface area contributed by atoms with Crippen LogP contribution in [-0.4, -0.2) is 24.4 Å². The predicted octanol–water partition coefficient (Wildman–Crippen LogP) is 3.88. The molecule has 2 N–H and O–H groups in total. The van der Waals surface area contributed by atoms with Gasteiger partial charge >= 0.3 is 6.18 Å². The van der Waals surface area contributed by atoms with Crippen molar-refractivity contribution < 1.29 is 22.8 Å². The molecule has 140 valence electrons. The predicted molar refractivity (Wildman–Crippen MR) is 94.8 cm³/mol. The molecule has 2 aromatic carbocycles. The summed E-state index contributed by atoms with van der Waals surface area (Å²) in [5, 5.41) is 5.40. The number of carbonyl (C=O) groups is 2. The molecule has 0 bridgehead atoms. The van der Waals surface area contributed by atoms with Gasteiger partial charge in [-0.2, -0.15) is 13.2 Å². The van der Waals surface area contributed by atoms with Crippen LogP contribution in [0.1, 0.15) is 28.8 Å². The van der Waals surface area contributed by atoms with Gasteiger partial charge in [-0.1, -0.05) is 0 Å². The lowest BCUT2D eigenvalue weighted by Gasteiger charge is -2.33. The number of nitrogens with one attached hydrogen (secondary N) is 2. The largest absolute Gasteiger partial charge is 0.416 e. The Morgan fingerprint density at radius 2 is 1.89 bits per heavy atom. The molecule has 2 aliphatic rings. The summed E-state index contributed by atoms with van der Waals surface area (Å²) in [5.74, 6) is -0.546. The van der Waals surface area contributed by atoms with Crippen LogP contribution in [-0.2, 0) is 11.0 Å². The molecule has 8 heteroatoms. The number of anilines is 3. The molecule has 0 unspecified atom stereocenters. The SMILES string of the molecule is O=C(Nc1ccc(C(F)(F)F)cc1)c1ccc2c(c1)NC(=O)[C@H]1CCCN21. The van der Waals surface area contributed by atoms with Crippen LogP contribution in [0, 0.1) is 0 Å². The van der Waals surface area contributed by atoms with Crippen LogP contribution >= 0.6 is 0 Å². The maximum absolute atomic E-state index is 12.6. The molecule has 0 radical (unpaired) electrons. The Morgan fingerprint density at radius 3 is 2.59 bits per heavy atom. The van der Waals surface area contributed by atoms with Gasteiger partial charge in [0.25, 0.3) is 5.91 Å². The molecule has 2 amide bonds. The third kappa shape index (κ3) is 3.22. The summed E-state index contributed by atoms with van der Waals surface area (Å²) in [4.78, 5) is 26.6. The molecule has 5 nitrogen and oxygen atoms in total. The van der Waals surface area contributed by atoms with Crippen molar-refractivity contribution in [3.05, 3.63) is 53.6 Å². The molecule has 1 fully saturated rings. The normalized spacial score (nSPS) is 18.6. The second-order valence-electron chi connectivity index (χ2n) is 6.60. The van der Waals surface area contributed by atoms with E-state index in [1.54, 1.807) is 18.2 Å². The average molecular weight is 375 g/mol. The Bertz CT molecular complexity index is 909. The third-order valence-corrected chi connectivity index (χ3v) is 4.85. The van der Waals surface area contributed by atoms with E-state index in [0.29, 0.717) is 11.3 Å². The Kier molecular flexibility index (Phi) is 4.05. The summed E-state index contributed by atoms with van der Waals surface area (Å²) >= 11 is 0. The fourth-order valence-electron chi connectivity index (χ4n) is 3.52. The zero-order valence-electron chi connectivity index (χ0n) is 14.1. The number of halogens is 3. The minimum absolute atomic E-state index is 0.0831. The second kappa shape index (κ2) is 6.29. The molecule has 0 aliphatic carbocycles. The maximum atomic E-state index is 12.6. The lowest BCUT2D eigenvalue weighted by Crippen LogP contribution is -2.43. The first-order chi connectivity index (χ1) is 12.8. The number of amides is 2. The van der Waals surface area contributed by atoms with Crippen LogP contribution in [0.25, 0.3) is 0 Å². The van der Waals surface area contributed by atoms with E-state index in [1.165, 1.54) is 12.1 Å². The minimum atomic E-state index is -4.42. The Morgan fingerprint density at radius 1 is 1.15 bits per heavy atom. The van der Waals surface area contributed by atoms with Crippen molar-refractivity contribution in [2.75, 3.05) is 22.1 Å². The number of alkyl halides is 3. The van der Waals surface area contributed by atoms with Gasteiger partial charge in [0.1, 0.15) is 6.04 Å². The summed E-state index contributed by atoms with van der Waals surface area (Å²) in [6.07, 6.45) is -2.68. The van der Waals surface area contributed by atoms with Gasteiger partial charge < -0.3 is 15.5 Å². The number of carbonyl (C=O) groups excluding carboxylic acids is 2. The van der Waals surface area contributed by atoms with Crippen LogP contribution < -0.4 is 15.5 Å². The van der Waals surface area contributed by atoms with Gasteiger partial charge in [-0.15, -0.1) is 0 Å². The van der Waals surface area contributed by atoms with Crippen molar-refractivity contribution in [2.45, 2.75) is 25.1 Å². The number of fused-ring (bicyclic) bond motifs is 3. The Labute approximate surface area is 153 Å². The topological polar surface area (TPSA) is 61.4 Å². The first-order valence-corrected chi connectivity index (χ1v) is 8.53. The molecule has 1 atom stereocenters. The molecule has 2 aliphatic heterocycles. The molecule has 2 heterocycles. The first-order valence-electron chi connectivity index (χ1n) is 8.53. The van der Waals surface area contributed by atoms with Crippen LogP contribution in [0.4, 0.5) is 30.2 Å². The zero-order valence-corrected chi connectivity index (χ0v) is 14.1. The van der Waals surface area contributed by atoms with E-state index in [-0.39, 0.29) is 17.6 Å². The van der Waals surface area contributed by atoms with E-state index in [9.17, 15) is 22.8 Å². The number of rotatable bonds is 2. The molecular formula is C19H16F3N3O2. The van der Waals surface area contributed by atoms with Crippen LogP contribution in [0.5, 0.6) is 0 Å². The lowest BCUT2D eigenvalue weighted by atomic mass is 10.1. The highest BCUT2D eigenvalue weighted by atomic mass is 19.4. The number of benzene rings is 2. The fraction of sp³-hybridized carbons (Fsp3) is 0.263. The Balaban J connectivity index is 1.53. The first kappa shape index (κ1) is 17.4. The monoisotopic (exact) mass is 375 g/mol. The molecule has 4 rings (SSSR count). The average Bonchev–Trinajstić information content (AvgIpc) is 3.11. The summed E-state index contributed by atoms with van der Waals surface area (Å²) in [5.41, 5.74) is 1.24. The molecule has 2 aromatic rings. The van der Waals surface area contributed by atoms with E-state index >= 15 is 0 Å².